The van der Waals surface area contributed by atoms with E-state index >= 15 is 0 Å². The largest absolute Gasteiger partial charge is 0.326 e. The maximum absolute atomic E-state index is 13.7. The minimum absolute atomic E-state index is 0.00377. The zero-order valence-electron chi connectivity index (χ0n) is 10.3. The van der Waals surface area contributed by atoms with E-state index in [0.717, 1.165) is 25.3 Å². The third kappa shape index (κ3) is 2.28. The molecule has 0 atom stereocenters. The Labute approximate surface area is 107 Å². The Bertz CT molecular complexity index is 541. The van der Waals surface area contributed by atoms with Crippen LogP contribution in [0.1, 0.15) is 24.8 Å². The van der Waals surface area contributed by atoms with Gasteiger partial charge in [0.05, 0.1) is 0 Å². The molecule has 2 N–H and O–H groups in total. The molecule has 1 aromatic rings. The fourth-order valence-corrected chi connectivity index (χ4v) is 3.50. The Morgan fingerprint density at radius 3 is 2.61 bits per heavy atom. The predicted octanol–water partition coefficient (Wildman–Crippen LogP) is 1.46. The summed E-state index contributed by atoms with van der Waals surface area (Å²) in [4.78, 5) is -0.278. The second-order valence-corrected chi connectivity index (χ2v) is 6.54. The second kappa shape index (κ2) is 4.95. The predicted molar refractivity (Wildman–Crippen MR) is 66.9 cm³/mol. The number of rotatable bonds is 4. The molecule has 0 spiro atoms. The zero-order valence-corrected chi connectivity index (χ0v) is 11.1. The molecular formula is C12H17FN2O2S. The first-order valence-electron chi connectivity index (χ1n) is 5.93. The van der Waals surface area contributed by atoms with Crippen LogP contribution in [0.25, 0.3) is 0 Å². The molecule has 0 aromatic heterocycles. The van der Waals surface area contributed by atoms with E-state index < -0.39 is 15.8 Å². The van der Waals surface area contributed by atoms with Gasteiger partial charge in [0.2, 0.25) is 10.0 Å². The van der Waals surface area contributed by atoms with E-state index in [1.807, 2.05) is 0 Å². The van der Waals surface area contributed by atoms with Gasteiger partial charge >= 0.3 is 0 Å². The van der Waals surface area contributed by atoms with Gasteiger partial charge in [-0.05, 0) is 30.5 Å². The van der Waals surface area contributed by atoms with E-state index in [0.29, 0.717) is 5.56 Å². The van der Waals surface area contributed by atoms with E-state index in [-0.39, 0.29) is 17.5 Å². The summed E-state index contributed by atoms with van der Waals surface area (Å²) in [5, 5.41) is 0. The van der Waals surface area contributed by atoms with Crippen molar-refractivity contribution >= 4 is 10.0 Å². The lowest BCUT2D eigenvalue weighted by molar-refractivity contribution is 0.249. The van der Waals surface area contributed by atoms with E-state index in [9.17, 15) is 12.8 Å². The van der Waals surface area contributed by atoms with Gasteiger partial charge in [-0.3, -0.25) is 0 Å². The Kier molecular flexibility index (Phi) is 3.70. The van der Waals surface area contributed by atoms with Crippen LogP contribution in [0.2, 0.25) is 0 Å². The number of nitrogens with two attached hydrogens (primary N) is 1. The first kappa shape index (κ1) is 13.5. The molecule has 4 nitrogen and oxygen atoms in total. The van der Waals surface area contributed by atoms with Crippen molar-refractivity contribution in [2.45, 2.75) is 36.7 Å². The molecule has 0 heterocycles. The summed E-state index contributed by atoms with van der Waals surface area (Å²) in [6, 6.07) is 3.97. The van der Waals surface area contributed by atoms with Crippen LogP contribution < -0.4 is 5.73 Å². The molecule has 2 rings (SSSR count). The van der Waals surface area contributed by atoms with Gasteiger partial charge in [0.25, 0.3) is 0 Å². The second-order valence-electron chi connectivity index (χ2n) is 4.57. The summed E-state index contributed by atoms with van der Waals surface area (Å²) in [6.45, 7) is 0.190. The molecule has 18 heavy (non-hydrogen) atoms. The van der Waals surface area contributed by atoms with Gasteiger partial charge in [-0.2, -0.15) is 4.31 Å². The average Bonchev–Trinajstić information content (AvgIpc) is 2.27. The lowest BCUT2D eigenvalue weighted by Crippen LogP contribution is -2.41. The number of nitrogens with zero attached hydrogens (tertiary/aromatic N) is 1. The van der Waals surface area contributed by atoms with Crippen molar-refractivity contribution in [3.8, 4) is 0 Å². The van der Waals surface area contributed by atoms with Crippen LogP contribution in [0.3, 0.4) is 0 Å². The number of sulfonamides is 1. The quantitative estimate of drug-likeness (QED) is 0.902. The fraction of sp³-hybridized carbons (Fsp3) is 0.500. The van der Waals surface area contributed by atoms with Crippen molar-refractivity contribution in [3.05, 3.63) is 29.6 Å². The van der Waals surface area contributed by atoms with Crippen molar-refractivity contribution in [2.24, 2.45) is 5.73 Å². The fourth-order valence-electron chi connectivity index (χ4n) is 1.97. The summed E-state index contributed by atoms with van der Waals surface area (Å²) in [5.41, 5.74) is 6.06. The molecule has 0 amide bonds. The monoisotopic (exact) mass is 272 g/mol. The number of hydrogen-bond donors (Lipinski definition) is 1. The van der Waals surface area contributed by atoms with Gasteiger partial charge < -0.3 is 5.73 Å². The molecule has 1 aliphatic carbocycles. The normalized spacial score (nSPS) is 16.9. The van der Waals surface area contributed by atoms with Crippen LogP contribution in [-0.2, 0) is 16.6 Å². The van der Waals surface area contributed by atoms with Crippen LogP contribution in [0.15, 0.2) is 23.1 Å². The third-order valence-corrected chi connectivity index (χ3v) is 5.40. The molecule has 1 aromatic carbocycles. The number of hydrogen-bond acceptors (Lipinski definition) is 3. The lowest BCUT2D eigenvalue weighted by atomic mass is 9.94. The highest BCUT2D eigenvalue weighted by Crippen LogP contribution is 2.29. The minimum Gasteiger partial charge on any atom is -0.326 e. The topological polar surface area (TPSA) is 63.4 Å². The Balaban J connectivity index is 2.39. The van der Waals surface area contributed by atoms with Crippen LogP contribution in [0.5, 0.6) is 0 Å². The summed E-state index contributed by atoms with van der Waals surface area (Å²) < 4.78 is 39.6. The third-order valence-electron chi connectivity index (χ3n) is 3.48. The van der Waals surface area contributed by atoms with Crippen molar-refractivity contribution < 1.29 is 12.8 Å². The summed E-state index contributed by atoms with van der Waals surface area (Å²) >= 11 is 0. The average molecular weight is 272 g/mol. The van der Waals surface area contributed by atoms with Gasteiger partial charge in [-0.1, -0.05) is 12.5 Å². The van der Waals surface area contributed by atoms with Crippen molar-refractivity contribution in [3.63, 3.8) is 0 Å². The molecule has 1 aliphatic rings. The van der Waals surface area contributed by atoms with Gasteiger partial charge in [-0.25, -0.2) is 12.8 Å². The Hall–Kier alpha value is -0.980. The van der Waals surface area contributed by atoms with Crippen molar-refractivity contribution in [1.29, 1.82) is 0 Å². The Morgan fingerprint density at radius 1 is 1.44 bits per heavy atom. The highest BCUT2D eigenvalue weighted by molar-refractivity contribution is 7.89. The van der Waals surface area contributed by atoms with Crippen molar-refractivity contribution in [2.75, 3.05) is 7.05 Å². The molecule has 1 fully saturated rings. The highest BCUT2D eigenvalue weighted by Gasteiger charge is 2.33. The minimum atomic E-state index is -3.76. The van der Waals surface area contributed by atoms with Gasteiger partial charge in [0.1, 0.15) is 10.7 Å². The Morgan fingerprint density at radius 2 is 2.11 bits per heavy atom. The van der Waals surface area contributed by atoms with Gasteiger partial charge in [0, 0.05) is 19.6 Å². The summed E-state index contributed by atoms with van der Waals surface area (Å²) in [6.07, 6.45) is 2.71. The highest BCUT2D eigenvalue weighted by atomic mass is 32.2. The SMILES string of the molecule is CN(C1CCC1)S(=O)(=O)c1cc(CN)ccc1F. The maximum Gasteiger partial charge on any atom is 0.245 e. The van der Waals surface area contributed by atoms with E-state index in [1.54, 1.807) is 0 Å². The molecule has 1 saturated carbocycles. The number of halogens is 1. The molecular weight excluding hydrogens is 255 g/mol. The van der Waals surface area contributed by atoms with E-state index in [2.05, 4.69) is 0 Å². The first-order valence-corrected chi connectivity index (χ1v) is 7.37. The number of benzene rings is 1. The molecule has 6 heteroatoms. The molecule has 0 radical (unpaired) electrons. The summed E-state index contributed by atoms with van der Waals surface area (Å²) in [7, 11) is -2.25. The molecule has 0 bridgehead atoms. The zero-order chi connectivity index (χ0) is 13.3. The molecule has 100 valence electrons. The van der Waals surface area contributed by atoms with Crippen LogP contribution in [0.4, 0.5) is 4.39 Å². The van der Waals surface area contributed by atoms with Crippen LogP contribution in [0, 0.1) is 5.82 Å². The van der Waals surface area contributed by atoms with Gasteiger partial charge in [0.15, 0.2) is 0 Å². The van der Waals surface area contributed by atoms with Crippen LogP contribution >= 0.6 is 0 Å². The van der Waals surface area contributed by atoms with Gasteiger partial charge in [-0.15, -0.1) is 0 Å². The van der Waals surface area contributed by atoms with E-state index in [1.165, 1.54) is 23.5 Å². The molecule has 0 saturated heterocycles. The maximum atomic E-state index is 13.7. The van der Waals surface area contributed by atoms with E-state index in [4.69, 9.17) is 5.73 Å². The van der Waals surface area contributed by atoms with Crippen molar-refractivity contribution in [1.82, 2.24) is 4.31 Å². The smallest absolute Gasteiger partial charge is 0.245 e. The molecule has 0 aliphatic heterocycles. The standard InChI is InChI=1S/C12H17FN2O2S/c1-15(10-3-2-4-10)18(16,17)12-7-9(8-14)5-6-11(12)13/h5-7,10H,2-4,8,14H2,1H3. The van der Waals surface area contributed by atoms with Crippen LogP contribution in [-0.4, -0.2) is 25.8 Å². The summed E-state index contributed by atoms with van der Waals surface area (Å²) in [5.74, 6) is -0.724. The lowest BCUT2D eigenvalue weighted by Gasteiger charge is -2.33. The first-order chi connectivity index (χ1) is 8.46. The molecule has 0 unspecified atom stereocenters.